The lowest BCUT2D eigenvalue weighted by molar-refractivity contribution is 0.249. The Kier molecular flexibility index (Phi) is 4.77. The molecule has 0 unspecified atom stereocenters. The first kappa shape index (κ1) is 17.9. The number of aromatic amines is 1. The van der Waals surface area contributed by atoms with Crippen LogP contribution in [0.3, 0.4) is 0 Å². The lowest BCUT2D eigenvalue weighted by Crippen LogP contribution is -2.46. The van der Waals surface area contributed by atoms with Gasteiger partial charge in [0.1, 0.15) is 23.1 Å². The molecule has 0 atom stereocenters. The van der Waals surface area contributed by atoms with Gasteiger partial charge in [-0.15, -0.1) is 0 Å². The van der Waals surface area contributed by atoms with Crippen LogP contribution in [0, 0.1) is 0 Å². The molecule has 5 rings (SSSR count). The molecule has 1 fully saturated rings. The quantitative estimate of drug-likeness (QED) is 0.564. The van der Waals surface area contributed by atoms with Gasteiger partial charge in [0.2, 0.25) is 0 Å². The number of ether oxygens (including phenoxy) is 1. The Bertz CT molecular complexity index is 1120. The Labute approximate surface area is 170 Å². The van der Waals surface area contributed by atoms with Crippen molar-refractivity contribution in [1.29, 1.82) is 0 Å². The molecule has 3 heterocycles. The van der Waals surface area contributed by atoms with Gasteiger partial charge in [-0.3, -0.25) is 4.90 Å². The van der Waals surface area contributed by atoms with Crippen molar-refractivity contribution in [3.63, 3.8) is 0 Å². The number of nitrogens with zero attached hydrogens (tertiary/aromatic N) is 4. The Morgan fingerprint density at radius 3 is 2.62 bits per heavy atom. The predicted octanol–water partition coefficient (Wildman–Crippen LogP) is 3.83. The van der Waals surface area contributed by atoms with Gasteiger partial charge in [-0.05, 0) is 30.7 Å². The molecule has 6 nitrogen and oxygen atoms in total. The van der Waals surface area contributed by atoms with Crippen molar-refractivity contribution in [3.05, 3.63) is 60.4 Å². The van der Waals surface area contributed by atoms with Crippen LogP contribution in [0.4, 0.5) is 5.82 Å². The van der Waals surface area contributed by atoms with Crippen molar-refractivity contribution in [2.45, 2.75) is 13.5 Å². The van der Waals surface area contributed by atoms with Gasteiger partial charge in [-0.2, -0.15) is 0 Å². The average Bonchev–Trinajstić information content (AvgIpc) is 3.14. The van der Waals surface area contributed by atoms with E-state index in [1.54, 1.807) is 6.33 Å². The highest BCUT2D eigenvalue weighted by Gasteiger charge is 2.21. The highest BCUT2D eigenvalue weighted by molar-refractivity contribution is 6.08. The van der Waals surface area contributed by atoms with E-state index in [2.05, 4.69) is 67.2 Å². The molecule has 148 valence electrons. The topological polar surface area (TPSA) is 57.3 Å². The van der Waals surface area contributed by atoms with Gasteiger partial charge in [0.25, 0.3) is 0 Å². The monoisotopic (exact) mass is 387 g/mol. The maximum absolute atomic E-state index is 5.67. The molecule has 1 N–H and O–H groups in total. The summed E-state index contributed by atoms with van der Waals surface area (Å²) < 4.78 is 5.67. The number of hydrogen-bond acceptors (Lipinski definition) is 5. The van der Waals surface area contributed by atoms with Gasteiger partial charge in [-0.1, -0.05) is 30.3 Å². The molecule has 0 saturated carbocycles. The van der Waals surface area contributed by atoms with Gasteiger partial charge in [0.15, 0.2) is 5.82 Å². The Balaban J connectivity index is 1.38. The smallest absolute Gasteiger partial charge is 0.156 e. The number of piperazine rings is 1. The number of aromatic nitrogens is 3. The van der Waals surface area contributed by atoms with E-state index in [4.69, 9.17) is 4.74 Å². The number of hydrogen-bond donors (Lipinski definition) is 1. The highest BCUT2D eigenvalue weighted by Crippen LogP contribution is 2.31. The summed E-state index contributed by atoms with van der Waals surface area (Å²) in [7, 11) is 0. The third kappa shape index (κ3) is 3.51. The second-order valence-corrected chi connectivity index (χ2v) is 7.44. The first-order valence-corrected chi connectivity index (χ1v) is 10.2. The number of nitrogens with one attached hydrogen (secondary N) is 1. The molecule has 0 spiro atoms. The molecule has 0 aliphatic carbocycles. The largest absolute Gasteiger partial charge is 0.494 e. The van der Waals surface area contributed by atoms with Crippen molar-refractivity contribution in [2.24, 2.45) is 0 Å². The second kappa shape index (κ2) is 7.72. The standard InChI is InChI=1S/C23H25N5O/c1-2-29-18-8-9-20-19(14-18)21-22(26-20)23(25-16-24-21)28-12-10-27(11-13-28)15-17-6-4-3-5-7-17/h3-9,14,16,26H,2,10-13,15H2,1H3. The zero-order chi connectivity index (χ0) is 19.6. The molecule has 0 bridgehead atoms. The van der Waals surface area contributed by atoms with Crippen LogP contribution in [0.25, 0.3) is 21.9 Å². The molecule has 0 amide bonds. The summed E-state index contributed by atoms with van der Waals surface area (Å²) >= 11 is 0. The molecular weight excluding hydrogens is 362 g/mol. The number of benzene rings is 2. The minimum Gasteiger partial charge on any atom is -0.494 e. The van der Waals surface area contributed by atoms with Crippen LogP contribution in [0.2, 0.25) is 0 Å². The van der Waals surface area contributed by atoms with Crippen LogP contribution >= 0.6 is 0 Å². The minimum atomic E-state index is 0.654. The third-order valence-electron chi connectivity index (χ3n) is 5.56. The SMILES string of the molecule is CCOc1ccc2[nH]c3c(N4CCN(Cc5ccccc5)CC4)ncnc3c2c1. The van der Waals surface area contributed by atoms with E-state index in [-0.39, 0.29) is 0 Å². The Morgan fingerprint density at radius 2 is 1.83 bits per heavy atom. The van der Waals surface area contributed by atoms with Gasteiger partial charge in [0.05, 0.1) is 6.61 Å². The molecule has 2 aromatic carbocycles. The number of anilines is 1. The van der Waals surface area contributed by atoms with E-state index in [1.807, 2.05) is 13.0 Å². The van der Waals surface area contributed by atoms with Crippen LogP contribution < -0.4 is 9.64 Å². The molecule has 29 heavy (non-hydrogen) atoms. The molecule has 1 aliphatic heterocycles. The van der Waals surface area contributed by atoms with E-state index in [1.165, 1.54) is 5.56 Å². The first-order chi connectivity index (χ1) is 14.3. The Morgan fingerprint density at radius 1 is 1.00 bits per heavy atom. The number of fused-ring (bicyclic) bond motifs is 3. The van der Waals surface area contributed by atoms with Gasteiger partial charge in [0, 0.05) is 43.6 Å². The van der Waals surface area contributed by atoms with Gasteiger partial charge < -0.3 is 14.6 Å². The molecule has 2 aromatic heterocycles. The average molecular weight is 387 g/mol. The van der Waals surface area contributed by atoms with E-state index in [9.17, 15) is 0 Å². The summed E-state index contributed by atoms with van der Waals surface area (Å²) in [6.45, 7) is 7.61. The van der Waals surface area contributed by atoms with Crippen LogP contribution in [0.15, 0.2) is 54.9 Å². The normalized spacial score (nSPS) is 15.3. The molecule has 1 aliphatic rings. The van der Waals surface area contributed by atoms with E-state index in [0.717, 1.165) is 66.2 Å². The minimum absolute atomic E-state index is 0.654. The summed E-state index contributed by atoms with van der Waals surface area (Å²) in [4.78, 5) is 17.6. The maximum atomic E-state index is 5.67. The molecular formula is C23H25N5O. The van der Waals surface area contributed by atoms with Crippen LogP contribution in [-0.2, 0) is 6.54 Å². The van der Waals surface area contributed by atoms with Crippen LogP contribution in [-0.4, -0.2) is 52.6 Å². The van der Waals surface area contributed by atoms with E-state index >= 15 is 0 Å². The fourth-order valence-electron chi connectivity index (χ4n) is 4.11. The van der Waals surface area contributed by atoms with Crippen molar-refractivity contribution >= 4 is 27.8 Å². The van der Waals surface area contributed by atoms with Crippen molar-refractivity contribution in [3.8, 4) is 5.75 Å². The van der Waals surface area contributed by atoms with Crippen molar-refractivity contribution in [1.82, 2.24) is 19.9 Å². The third-order valence-corrected chi connectivity index (χ3v) is 5.56. The van der Waals surface area contributed by atoms with E-state index < -0.39 is 0 Å². The summed E-state index contributed by atoms with van der Waals surface area (Å²) in [6, 6.07) is 16.8. The zero-order valence-corrected chi connectivity index (χ0v) is 16.6. The molecule has 1 saturated heterocycles. The molecule has 0 radical (unpaired) electrons. The van der Waals surface area contributed by atoms with Crippen molar-refractivity contribution in [2.75, 3.05) is 37.7 Å². The van der Waals surface area contributed by atoms with Crippen LogP contribution in [0.5, 0.6) is 5.75 Å². The van der Waals surface area contributed by atoms with Gasteiger partial charge in [-0.25, -0.2) is 9.97 Å². The fraction of sp³-hybridized carbons (Fsp3) is 0.304. The maximum Gasteiger partial charge on any atom is 0.156 e. The second-order valence-electron chi connectivity index (χ2n) is 7.44. The summed E-state index contributed by atoms with van der Waals surface area (Å²) in [5.41, 5.74) is 4.39. The number of H-pyrrole nitrogens is 1. The zero-order valence-electron chi connectivity index (χ0n) is 16.6. The summed E-state index contributed by atoms with van der Waals surface area (Å²) in [5.74, 6) is 1.86. The van der Waals surface area contributed by atoms with Crippen LogP contribution in [0.1, 0.15) is 12.5 Å². The lowest BCUT2D eigenvalue weighted by atomic mass is 10.2. The van der Waals surface area contributed by atoms with Gasteiger partial charge >= 0.3 is 0 Å². The summed E-state index contributed by atoms with van der Waals surface area (Å²) in [5, 5.41) is 1.08. The fourth-order valence-corrected chi connectivity index (χ4v) is 4.11. The highest BCUT2D eigenvalue weighted by atomic mass is 16.5. The molecule has 4 aromatic rings. The summed E-state index contributed by atoms with van der Waals surface area (Å²) in [6.07, 6.45) is 1.68. The van der Waals surface area contributed by atoms with E-state index in [0.29, 0.717) is 6.61 Å². The molecule has 6 heteroatoms. The lowest BCUT2D eigenvalue weighted by Gasteiger charge is -2.35. The predicted molar refractivity (Wildman–Crippen MR) is 116 cm³/mol. The first-order valence-electron chi connectivity index (χ1n) is 10.2. The van der Waals surface area contributed by atoms with Crippen molar-refractivity contribution < 1.29 is 4.74 Å². The number of rotatable bonds is 5. The Hall–Kier alpha value is -3.12.